The molecule has 0 bridgehead atoms. The minimum atomic E-state index is 0.418. The Hall–Kier alpha value is -3.14. The van der Waals surface area contributed by atoms with Crippen molar-refractivity contribution < 1.29 is 14.2 Å². The highest BCUT2D eigenvalue weighted by Crippen LogP contribution is 2.37. The summed E-state index contributed by atoms with van der Waals surface area (Å²) in [6, 6.07) is 8.58. The maximum Gasteiger partial charge on any atom is 0.146 e. The molecule has 1 saturated heterocycles. The third-order valence-corrected chi connectivity index (χ3v) is 6.24. The minimum absolute atomic E-state index is 0.418. The topological polar surface area (TPSA) is 107 Å². The van der Waals surface area contributed by atoms with Crippen LogP contribution in [0.2, 0.25) is 10.0 Å². The zero-order valence-corrected chi connectivity index (χ0v) is 21.1. The van der Waals surface area contributed by atoms with Gasteiger partial charge in [-0.2, -0.15) is 0 Å². The lowest BCUT2D eigenvalue weighted by atomic mass is 10.2. The fraction of sp³-hybridized carbons (Fsp3) is 0.333. The highest BCUT2D eigenvalue weighted by Gasteiger charge is 2.14. The van der Waals surface area contributed by atoms with Gasteiger partial charge in [-0.1, -0.05) is 23.2 Å². The van der Waals surface area contributed by atoms with E-state index in [4.69, 9.17) is 43.1 Å². The first kappa shape index (κ1) is 25.0. The van der Waals surface area contributed by atoms with E-state index in [-0.39, 0.29) is 0 Å². The Morgan fingerprint density at radius 3 is 2.23 bits per heavy atom. The van der Waals surface area contributed by atoms with E-state index in [0.29, 0.717) is 62.6 Å². The van der Waals surface area contributed by atoms with Crippen LogP contribution in [-0.2, 0) is 0 Å². The van der Waals surface area contributed by atoms with Crippen molar-refractivity contribution >= 4 is 51.9 Å². The van der Waals surface area contributed by atoms with Gasteiger partial charge in [0.25, 0.3) is 0 Å². The van der Waals surface area contributed by atoms with Crippen LogP contribution in [0.15, 0.2) is 36.7 Å². The lowest BCUT2D eigenvalue weighted by Crippen LogP contribution is -2.25. The van der Waals surface area contributed by atoms with E-state index < -0.39 is 0 Å². The molecule has 0 atom stereocenters. The molecule has 2 aromatic carbocycles. The highest BCUT2D eigenvalue weighted by atomic mass is 35.5. The number of rotatable bonds is 10. The van der Waals surface area contributed by atoms with Crippen molar-refractivity contribution in [3.63, 3.8) is 0 Å². The maximum atomic E-state index is 6.32. The number of aromatic nitrogens is 2. The molecule has 1 fully saturated rings. The number of methoxy groups -OCH3 is 2. The number of hydrogen-bond donors (Lipinski definition) is 3. The molecule has 11 heteroatoms. The van der Waals surface area contributed by atoms with Gasteiger partial charge in [0.2, 0.25) is 0 Å². The number of benzene rings is 2. The van der Waals surface area contributed by atoms with E-state index >= 15 is 0 Å². The van der Waals surface area contributed by atoms with Gasteiger partial charge in [-0.15, -0.1) is 0 Å². The van der Waals surface area contributed by atoms with Crippen molar-refractivity contribution in [2.45, 2.75) is 12.8 Å². The number of nitrogen functional groups attached to an aromatic ring is 1. The van der Waals surface area contributed by atoms with E-state index in [1.807, 2.05) is 0 Å². The normalized spacial score (nSPS) is 13.5. The van der Waals surface area contributed by atoms with Gasteiger partial charge in [0.1, 0.15) is 41.8 Å². The molecule has 4 rings (SSSR count). The van der Waals surface area contributed by atoms with Gasteiger partial charge in [-0.3, -0.25) is 4.90 Å². The average molecular weight is 519 g/mol. The van der Waals surface area contributed by atoms with Crippen molar-refractivity contribution in [1.29, 1.82) is 0 Å². The molecule has 3 aromatic rings. The second kappa shape index (κ2) is 11.5. The summed E-state index contributed by atoms with van der Waals surface area (Å²) in [5.74, 6) is 2.70. The molecule has 1 aromatic heterocycles. The van der Waals surface area contributed by atoms with Gasteiger partial charge in [0.15, 0.2) is 0 Å². The predicted molar refractivity (Wildman–Crippen MR) is 140 cm³/mol. The molecule has 35 heavy (non-hydrogen) atoms. The first-order valence-corrected chi connectivity index (χ1v) is 11.9. The summed E-state index contributed by atoms with van der Waals surface area (Å²) in [6.07, 6.45) is 3.92. The molecule has 0 amide bonds. The number of nitrogens with two attached hydrogens (primary N) is 1. The van der Waals surface area contributed by atoms with E-state index in [1.54, 1.807) is 37.4 Å². The molecule has 0 spiro atoms. The van der Waals surface area contributed by atoms with Gasteiger partial charge in [0.05, 0.1) is 41.3 Å². The number of ether oxygens (including phenoxy) is 3. The van der Waals surface area contributed by atoms with Gasteiger partial charge in [0, 0.05) is 24.7 Å². The summed E-state index contributed by atoms with van der Waals surface area (Å²) >= 11 is 12.4. The van der Waals surface area contributed by atoms with Crippen LogP contribution in [0.1, 0.15) is 12.8 Å². The van der Waals surface area contributed by atoms with Gasteiger partial charge >= 0.3 is 0 Å². The maximum absolute atomic E-state index is 6.32. The molecule has 0 unspecified atom stereocenters. The largest absolute Gasteiger partial charge is 0.495 e. The zero-order chi connectivity index (χ0) is 24.8. The molecular weight excluding hydrogens is 491 g/mol. The van der Waals surface area contributed by atoms with E-state index in [9.17, 15) is 0 Å². The van der Waals surface area contributed by atoms with E-state index in [2.05, 4.69) is 25.5 Å². The van der Waals surface area contributed by atoms with Crippen molar-refractivity contribution in [1.82, 2.24) is 14.9 Å². The fourth-order valence-corrected chi connectivity index (χ4v) is 4.32. The van der Waals surface area contributed by atoms with Gasteiger partial charge in [-0.05, 0) is 38.1 Å². The third kappa shape index (κ3) is 6.30. The lowest BCUT2D eigenvalue weighted by Gasteiger charge is -2.18. The van der Waals surface area contributed by atoms with Crippen LogP contribution >= 0.6 is 23.2 Å². The summed E-state index contributed by atoms with van der Waals surface area (Å²) < 4.78 is 16.8. The number of hydrogen-bond acceptors (Lipinski definition) is 9. The number of likely N-dealkylation sites (tertiary alicyclic amines) is 1. The number of halogens is 2. The van der Waals surface area contributed by atoms with Crippen molar-refractivity contribution in [3.05, 3.63) is 46.7 Å². The molecule has 1 aliphatic rings. The molecule has 1 aliphatic heterocycles. The molecule has 186 valence electrons. The second-order valence-electron chi connectivity index (χ2n) is 7.99. The molecule has 4 N–H and O–H groups in total. The van der Waals surface area contributed by atoms with Gasteiger partial charge in [-0.25, -0.2) is 9.97 Å². The van der Waals surface area contributed by atoms with Crippen molar-refractivity contribution in [3.8, 4) is 17.2 Å². The standard InChI is InChI=1S/C24H28Cl2N6O3/c1-33-20-11-18(15(25)9-16(20)26)30-23-13-24(29-14-28-23)31-19-10-17(27)21(12-22(19)34-2)35-8-7-32-5-3-4-6-32/h9-14H,3-8,27H2,1-2H3,(H2,28,29,30,31). The van der Waals surface area contributed by atoms with Crippen LogP contribution in [0, 0.1) is 0 Å². The summed E-state index contributed by atoms with van der Waals surface area (Å²) in [7, 11) is 3.13. The first-order valence-electron chi connectivity index (χ1n) is 11.2. The SMILES string of the molecule is COc1cc(Nc2cc(Nc3cc(N)c(OCCN4CCCC4)cc3OC)ncn2)c(Cl)cc1Cl. The zero-order valence-electron chi connectivity index (χ0n) is 19.6. The lowest BCUT2D eigenvalue weighted by molar-refractivity contribution is 0.238. The number of nitrogens with one attached hydrogen (secondary N) is 2. The first-order chi connectivity index (χ1) is 17.0. The highest BCUT2D eigenvalue weighted by molar-refractivity contribution is 6.37. The minimum Gasteiger partial charge on any atom is -0.495 e. The molecule has 2 heterocycles. The summed E-state index contributed by atoms with van der Waals surface area (Å²) in [5.41, 5.74) is 8.01. The Morgan fingerprint density at radius 2 is 1.54 bits per heavy atom. The van der Waals surface area contributed by atoms with Crippen LogP contribution in [-0.4, -0.2) is 55.3 Å². The van der Waals surface area contributed by atoms with Crippen molar-refractivity contribution in [2.24, 2.45) is 0 Å². The summed E-state index contributed by atoms with van der Waals surface area (Å²) in [6.45, 7) is 3.69. The Kier molecular flexibility index (Phi) is 8.22. The Bertz CT molecular complexity index is 1170. The third-order valence-electron chi connectivity index (χ3n) is 5.63. The van der Waals surface area contributed by atoms with Crippen molar-refractivity contribution in [2.75, 3.05) is 56.8 Å². The fourth-order valence-electron chi connectivity index (χ4n) is 3.81. The average Bonchev–Trinajstić information content (AvgIpc) is 3.36. The van der Waals surface area contributed by atoms with Crippen LogP contribution < -0.4 is 30.6 Å². The predicted octanol–water partition coefficient (Wildman–Crippen LogP) is 5.34. The smallest absolute Gasteiger partial charge is 0.146 e. The molecule has 0 aliphatic carbocycles. The summed E-state index contributed by atoms with van der Waals surface area (Å²) in [4.78, 5) is 10.9. The van der Waals surface area contributed by atoms with E-state index in [0.717, 1.165) is 19.6 Å². The van der Waals surface area contributed by atoms with E-state index in [1.165, 1.54) is 26.3 Å². The van der Waals surface area contributed by atoms with Crippen LogP contribution in [0.5, 0.6) is 17.2 Å². The van der Waals surface area contributed by atoms with Gasteiger partial charge < -0.3 is 30.6 Å². The number of nitrogens with zero attached hydrogens (tertiary/aromatic N) is 3. The molecule has 0 saturated carbocycles. The molecule has 0 radical (unpaired) electrons. The molecule has 9 nitrogen and oxygen atoms in total. The van der Waals surface area contributed by atoms with Crippen LogP contribution in [0.25, 0.3) is 0 Å². The number of anilines is 5. The van der Waals surface area contributed by atoms with Crippen LogP contribution in [0.4, 0.5) is 28.7 Å². The Morgan fingerprint density at radius 1 is 0.857 bits per heavy atom. The second-order valence-corrected chi connectivity index (χ2v) is 8.81. The monoisotopic (exact) mass is 518 g/mol. The quantitative estimate of drug-likeness (QED) is 0.306. The molecular formula is C24H28Cl2N6O3. The van der Waals surface area contributed by atoms with Crippen LogP contribution in [0.3, 0.4) is 0 Å². The Balaban J connectivity index is 1.47. The Labute approximate surface area is 214 Å². The summed E-state index contributed by atoms with van der Waals surface area (Å²) in [5, 5.41) is 7.23.